The second-order valence-corrected chi connectivity index (χ2v) is 7.15. The molecule has 0 unspecified atom stereocenters. The average Bonchev–Trinajstić information content (AvgIpc) is 3.00. The molecule has 0 bridgehead atoms. The van der Waals surface area contributed by atoms with Gasteiger partial charge in [0.1, 0.15) is 0 Å². The van der Waals surface area contributed by atoms with Crippen LogP contribution in [0.25, 0.3) is 0 Å². The van der Waals surface area contributed by atoms with Gasteiger partial charge in [0, 0.05) is 45.8 Å². The van der Waals surface area contributed by atoms with E-state index in [1.165, 1.54) is 0 Å². The number of nitrogens with zero attached hydrogens (tertiary/aromatic N) is 4. The van der Waals surface area contributed by atoms with E-state index >= 15 is 0 Å². The fourth-order valence-corrected chi connectivity index (χ4v) is 3.26. The van der Waals surface area contributed by atoms with Crippen molar-refractivity contribution < 1.29 is 19.2 Å². The van der Waals surface area contributed by atoms with Crippen LogP contribution < -0.4 is 5.32 Å². The molecule has 1 N–H and O–H groups in total. The van der Waals surface area contributed by atoms with E-state index in [1.807, 2.05) is 4.90 Å². The van der Waals surface area contributed by atoms with Crippen LogP contribution in [0.1, 0.15) is 15.9 Å². The third-order valence-electron chi connectivity index (χ3n) is 5.03. The van der Waals surface area contributed by atoms with Crippen molar-refractivity contribution in [3.63, 3.8) is 0 Å². The maximum absolute atomic E-state index is 13.0. The molecule has 0 radical (unpaired) electrons. The Morgan fingerprint density at radius 3 is 2.36 bits per heavy atom. The van der Waals surface area contributed by atoms with E-state index in [2.05, 4.69) is 5.32 Å². The maximum Gasteiger partial charge on any atom is 0.324 e. The molecule has 3 rings (SSSR count). The zero-order valence-electron chi connectivity index (χ0n) is 16.2. The van der Waals surface area contributed by atoms with Crippen molar-refractivity contribution in [3.8, 4) is 0 Å². The first kappa shape index (κ1) is 19.8. The first-order valence-electron chi connectivity index (χ1n) is 9.24. The van der Waals surface area contributed by atoms with Crippen LogP contribution in [-0.4, -0.2) is 96.7 Å². The zero-order valence-corrected chi connectivity index (χ0v) is 16.2. The van der Waals surface area contributed by atoms with Crippen LogP contribution in [0.3, 0.4) is 0 Å². The van der Waals surface area contributed by atoms with Gasteiger partial charge in [-0.15, -0.1) is 0 Å². The predicted molar refractivity (Wildman–Crippen MR) is 101 cm³/mol. The molecule has 2 aliphatic heterocycles. The molecule has 5 amide bonds. The van der Waals surface area contributed by atoms with Gasteiger partial charge in [-0.05, 0) is 11.6 Å². The first-order chi connectivity index (χ1) is 13.4. The molecule has 150 valence electrons. The zero-order chi connectivity index (χ0) is 20.3. The molecule has 2 heterocycles. The molecule has 0 saturated carbocycles. The second kappa shape index (κ2) is 8.39. The van der Waals surface area contributed by atoms with Crippen LogP contribution in [0.5, 0.6) is 0 Å². The summed E-state index contributed by atoms with van der Waals surface area (Å²) in [7, 11) is 3.45. The lowest BCUT2D eigenvalue weighted by Crippen LogP contribution is -2.51. The lowest BCUT2D eigenvalue weighted by molar-refractivity contribution is -0.130. The fourth-order valence-electron chi connectivity index (χ4n) is 3.26. The summed E-state index contributed by atoms with van der Waals surface area (Å²) in [5.74, 6) is -0.383. The Kier molecular flexibility index (Phi) is 5.93. The van der Waals surface area contributed by atoms with Crippen molar-refractivity contribution in [2.45, 2.75) is 6.54 Å². The molecule has 9 nitrogen and oxygen atoms in total. The summed E-state index contributed by atoms with van der Waals surface area (Å²) >= 11 is 0. The molecule has 2 saturated heterocycles. The molecule has 28 heavy (non-hydrogen) atoms. The van der Waals surface area contributed by atoms with E-state index in [4.69, 9.17) is 0 Å². The van der Waals surface area contributed by atoms with Crippen LogP contribution in [0, 0.1) is 0 Å². The maximum atomic E-state index is 13.0. The summed E-state index contributed by atoms with van der Waals surface area (Å²) in [5.41, 5.74) is 1.14. The van der Waals surface area contributed by atoms with E-state index in [-0.39, 0.29) is 30.8 Å². The number of amides is 5. The Bertz CT molecular complexity index is 770. The molecule has 2 aliphatic rings. The van der Waals surface area contributed by atoms with Gasteiger partial charge in [0.2, 0.25) is 11.8 Å². The monoisotopic (exact) mass is 387 g/mol. The van der Waals surface area contributed by atoms with Gasteiger partial charge >= 0.3 is 6.03 Å². The van der Waals surface area contributed by atoms with Crippen LogP contribution in [-0.2, 0) is 16.1 Å². The number of piperazine rings is 1. The standard InChI is InChI=1S/C19H25N5O4/c1-21(2)17(26)13-22-7-9-23(10-8-22)18(27)15-6-4-3-5-14(15)12-24-16(25)11-20-19(24)28/h3-6H,7-13H2,1-2H3,(H,20,28). The Hall–Kier alpha value is -2.94. The smallest absolute Gasteiger partial charge is 0.324 e. The number of urea groups is 1. The molecule has 0 aliphatic carbocycles. The minimum Gasteiger partial charge on any atom is -0.348 e. The molecular weight excluding hydrogens is 362 g/mol. The molecule has 1 aromatic rings. The van der Waals surface area contributed by atoms with Gasteiger partial charge in [-0.25, -0.2) is 4.79 Å². The van der Waals surface area contributed by atoms with Crippen molar-refractivity contribution in [1.29, 1.82) is 0 Å². The summed E-state index contributed by atoms with van der Waals surface area (Å²) in [6.45, 7) is 2.71. The number of likely N-dealkylation sites (N-methyl/N-ethyl adjacent to an activating group) is 1. The van der Waals surface area contributed by atoms with Gasteiger partial charge in [0.15, 0.2) is 0 Å². The summed E-state index contributed by atoms with van der Waals surface area (Å²) in [6, 6.07) is 6.60. The third-order valence-corrected chi connectivity index (χ3v) is 5.03. The lowest BCUT2D eigenvalue weighted by atomic mass is 10.1. The van der Waals surface area contributed by atoms with E-state index < -0.39 is 6.03 Å². The Balaban J connectivity index is 1.65. The van der Waals surface area contributed by atoms with E-state index in [1.54, 1.807) is 48.2 Å². The van der Waals surface area contributed by atoms with Crippen molar-refractivity contribution in [2.24, 2.45) is 0 Å². The quantitative estimate of drug-likeness (QED) is 0.693. The minimum absolute atomic E-state index is 0.0113. The van der Waals surface area contributed by atoms with E-state index in [0.717, 1.165) is 4.90 Å². The van der Waals surface area contributed by atoms with Gasteiger partial charge in [0.05, 0.1) is 19.6 Å². The number of nitrogens with one attached hydrogen (secondary N) is 1. The van der Waals surface area contributed by atoms with Gasteiger partial charge in [-0.2, -0.15) is 0 Å². The second-order valence-electron chi connectivity index (χ2n) is 7.15. The normalized spacial score (nSPS) is 17.6. The number of rotatable bonds is 5. The van der Waals surface area contributed by atoms with Crippen molar-refractivity contribution >= 4 is 23.8 Å². The van der Waals surface area contributed by atoms with Crippen LogP contribution in [0.4, 0.5) is 4.79 Å². The summed E-state index contributed by atoms with van der Waals surface area (Å²) in [6.07, 6.45) is 0. The van der Waals surface area contributed by atoms with Gasteiger partial charge in [-0.1, -0.05) is 18.2 Å². The van der Waals surface area contributed by atoms with Crippen molar-refractivity contribution in [2.75, 3.05) is 53.4 Å². The average molecular weight is 387 g/mol. The molecular formula is C19H25N5O4. The van der Waals surface area contributed by atoms with E-state index in [9.17, 15) is 19.2 Å². The van der Waals surface area contributed by atoms with Gasteiger partial charge in [0.25, 0.3) is 5.91 Å². The fraction of sp³-hybridized carbons (Fsp3) is 0.474. The van der Waals surface area contributed by atoms with Crippen LogP contribution in [0.15, 0.2) is 24.3 Å². The summed E-state index contributed by atoms with van der Waals surface area (Å²) in [5, 5.41) is 2.49. The number of benzene rings is 1. The van der Waals surface area contributed by atoms with Crippen molar-refractivity contribution in [1.82, 2.24) is 24.9 Å². The lowest BCUT2D eigenvalue weighted by Gasteiger charge is -2.35. The molecule has 1 aromatic carbocycles. The highest BCUT2D eigenvalue weighted by Crippen LogP contribution is 2.17. The molecule has 0 aromatic heterocycles. The molecule has 2 fully saturated rings. The summed E-state index contributed by atoms with van der Waals surface area (Å²) in [4.78, 5) is 55.0. The van der Waals surface area contributed by atoms with E-state index in [0.29, 0.717) is 43.9 Å². The highest BCUT2D eigenvalue weighted by atomic mass is 16.2. The Morgan fingerprint density at radius 2 is 1.75 bits per heavy atom. The number of carbonyl (C=O) groups excluding carboxylic acids is 4. The molecule has 0 atom stereocenters. The molecule has 9 heteroatoms. The minimum atomic E-state index is -0.438. The van der Waals surface area contributed by atoms with Gasteiger partial charge in [-0.3, -0.25) is 24.2 Å². The highest BCUT2D eigenvalue weighted by Gasteiger charge is 2.30. The topological polar surface area (TPSA) is 93.3 Å². The number of imide groups is 1. The number of hydrogen-bond donors (Lipinski definition) is 1. The SMILES string of the molecule is CN(C)C(=O)CN1CCN(C(=O)c2ccccc2CN2C(=O)CNC2=O)CC1. The first-order valence-corrected chi connectivity index (χ1v) is 9.24. The van der Waals surface area contributed by atoms with Gasteiger partial charge < -0.3 is 15.1 Å². The predicted octanol–water partition coefficient (Wildman–Crippen LogP) is -0.416. The van der Waals surface area contributed by atoms with Crippen LogP contribution >= 0.6 is 0 Å². The van der Waals surface area contributed by atoms with Crippen molar-refractivity contribution in [3.05, 3.63) is 35.4 Å². The summed E-state index contributed by atoms with van der Waals surface area (Å²) < 4.78 is 0. The third kappa shape index (κ3) is 4.30. The highest BCUT2D eigenvalue weighted by molar-refractivity contribution is 6.02. The Morgan fingerprint density at radius 1 is 1.07 bits per heavy atom. The molecule has 0 spiro atoms. The van der Waals surface area contributed by atoms with Crippen LogP contribution in [0.2, 0.25) is 0 Å². The number of hydrogen-bond acceptors (Lipinski definition) is 5. The Labute approximate surface area is 163 Å². The largest absolute Gasteiger partial charge is 0.348 e. The number of carbonyl (C=O) groups is 4.